The van der Waals surface area contributed by atoms with Crippen LogP contribution >= 0.6 is 11.6 Å². The molecule has 0 saturated heterocycles. The molecule has 0 unspecified atom stereocenters. The smallest absolute Gasteiger partial charge is 0.137 e. The molecule has 0 atom stereocenters. The molecule has 15 heavy (non-hydrogen) atoms. The van der Waals surface area contributed by atoms with Crippen molar-refractivity contribution in [3.8, 4) is 11.8 Å². The first kappa shape index (κ1) is 11.8. The van der Waals surface area contributed by atoms with Gasteiger partial charge in [-0.25, -0.2) is 0 Å². The van der Waals surface area contributed by atoms with Gasteiger partial charge in [0.1, 0.15) is 5.75 Å². The molecule has 0 bridgehead atoms. The number of methoxy groups -OCH3 is 2. The lowest BCUT2D eigenvalue weighted by Gasteiger charge is -2.10. The molecule has 0 amide bonds. The molecule has 0 N–H and O–H groups in total. The molecule has 4 heteroatoms. The highest BCUT2D eigenvalue weighted by Crippen LogP contribution is 2.28. The number of rotatable bonds is 4. The summed E-state index contributed by atoms with van der Waals surface area (Å²) in [5.41, 5.74) is 1.81. The second-order valence-corrected chi connectivity index (χ2v) is 3.43. The quantitative estimate of drug-likeness (QED) is 0.791. The van der Waals surface area contributed by atoms with Gasteiger partial charge in [0.25, 0.3) is 0 Å². The zero-order valence-corrected chi connectivity index (χ0v) is 9.47. The minimum Gasteiger partial charge on any atom is -0.495 e. The minimum absolute atomic E-state index is 0.322. The highest BCUT2D eigenvalue weighted by molar-refractivity contribution is 6.32. The minimum atomic E-state index is 0.322. The third kappa shape index (κ3) is 2.85. The van der Waals surface area contributed by atoms with Crippen LogP contribution in [0.5, 0.6) is 5.75 Å². The molecule has 0 fully saturated rings. The van der Waals surface area contributed by atoms with E-state index in [2.05, 4.69) is 6.07 Å². The number of halogens is 1. The fourth-order valence-electron chi connectivity index (χ4n) is 1.33. The first-order chi connectivity index (χ1) is 7.22. The molecular formula is C11H12ClNO2. The van der Waals surface area contributed by atoms with Crippen LogP contribution in [0.25, 0.3) is 0 Å². The number of ether oxygens (including phenoxy) is 2. The Kier molecular flexibility index (Phi) is 4.41. The van der Waals surface area contributed by atoms with Gasteiger partial charge in [0.05, 0.1) is 31.2 Å². The first-order valence-electron chi connectivity index (χ1n) is 4.44. The molecular weight excluding hydrogens is 214 g/mol. The van der Waals surface area contributed by atoms with Crippen LogP contribution in [-0.2, 0) is 17.8 Å². The summed E-state index contributed by atoms with van der Waals surface area (Å²) in [5, 5.41) is 9.18. The summed E-state index contributed by atoms with van der Waals surface area (Å²) < 4.78 is 10.1. The summed E-state index contributed by atoms with van der Waals surface area (Å²) in [6.45, 7) is 0.449. The van der Waals surface area contributed by atoms with Crippen LogP contribution in [0.1, 0.15) is 11.1 Å². The molecule has 0 aliphatic rings. The van der Waals surface area contributed by atoms with Crippen LogP contribution in [0.15, 0.2) is 12.1 Å². The van der Waals surface area contributed by atoms with E-state index in [4.69, 9.17) is 26.3 Å². The molecule has 80 valence electrons. The average molecular weight is 226 g/mol. The van der Waals surface area contributed by atoms with Crippen LogP contribution in [0.3, 0.4) is 0 Å². The lowest BCUT2D eigenvalue weighted by molar-refractivity contribution is 0.184. The van der Waals surface area contributed by atoms with Crippen molar-refractivity contribution >= 4 is 11.6 Å². The predicted molar refractivity (Wildman–Crippen MR) is 58.0 cm³/mol. The molecule has 1 aromatic carbocycles. The van der Waals surface area contributed by atoms with Crippen LogP contribution in [0, 0.1) is 11.3 Å². The van der Waals surface area contributed by atoms with Crippen molar-refractivity contribution in [1.29, 1.82) is 5.26 Å². The lowest BCUT2D eigenvalue weighted by atomic mass is 10.1. The second-order valence-electron chi connectivity index (χ2n) is 3.02. The highest BCUT2D eigenvalue weighted by atomic mass is 35.5. The highest BCUT2D eigenvalue weighted by Gasteiger charge is 2.08. The maximum Gasteiger partial charge on any atom is 0.137 e. The lowest BCUT2D eigenvalue weighted by Crippen LogP contribution is -1.97. The topological polar surface area (TPSA) is 42.2 Å². The van der Waals surface area contributed by atoms with Gasteiger partial charge in [-0.1, -0.05) is 11.6 Å². The van der Waals surface area contributed by atoms with E-state index < -0.39 is 0 Å². The Hall–Kier alpha value is -1.24. The Morgan fingerprint density at radius 3 is 2.60 bits per heavy atom. The van der Waals surface area contributed by atoms with Crippen molar-refractivity contribution < 1.29 is 9.47 Å². The molecule has 3 nitrogen and oxygen atoms in total. The van der Waals surface area contributed by atoms with E-state index in [0.29, 0.717) is 23.8 Å². The van der Waals surface area contributed by atoms with Gasteiger partial charge >= 0.3 is 0 Å². The van der Waals surface area contributed by atoms with Crippen molar-refractivity contribution in [3.05, 3.63) is 28.3 Å². The molecule has 0 spiro atoms. The molecule has 0 aliphatic carbocycles. The maximum absolute atomic E-state index is 8.66. The van der Waals surface area contributed by atoms with Crippen molar-refractivity contribution in [2.45, 2.75) is 13.0 Å². The van der Waals surface area contributed by atoms with Crippen LogP contribution in [-0.4, -0.2) is 14.2 Å². The zero-order chi connectivity index (χ0) is 11.3. The van der Waals surface area contributed by atoms with Gasteiger partial charge in [-0.15, -0.1) is 0 Å². The summed E-state index contributed by atoms with van der Waals surface area (Å²) in [5.74, 6) is 0.602. The monoisotopic (exact) mass is 225 g/mol. The van der Waals surface area contributed by atoms with Gasteiger partial charge in [-0.3, -0.25) is 0 Å². The average Bonchev–Trinajstić information content (AvgIpc) is 2.22. The van der Waals surface area contributed by atoms with Gasteiger partial charge in [-0.2, -0.15) is 5.26 Å². The van der Waals surface area contributed by atoms with E-state index >= 15 is 0 Å². The van der Waals surface area contributed by atoms with E-state index in [1.807, 2.05) is 0 Å². The molecule has 0 saturated carbocycles. The third-order valence-corrected chi connectivity index (χ3v) is 2.34. The van der Waals surface area contributed by atoms with E-state index in [1.165, 1.54) is 0 Å². The molecule has 0 aromatic heterocycles. The normalized spacial score (nSPS) is 9.73. The third-order valence-electron chi connectivity index (χ3n) is 2.04. The summed E-state index contributed by atoms with van der Waals surface area (Å²) in [4.78, 5) is 0. The standard InChI is InChI=1S/C11H12ClNO2/c1-14-7-9-6-11(15-2)10(12)5-8(9)3-4-13/h5-6H,3,7H2,1-2H3. The molecule has 0 radical (unpaired) electrons. The largest absolute Gasteiger partial charge is 0.495 e. The van der Waals surface area contributed by atoms with Crippen molar-refractivity contribution in [2.24, 2.45) is 0 Å². The SMILES string of the molecule is COCc1cc(OC)c(Cl)cc1CC#N. The van der Waals surface area contributed by atoms with Crippen molar-refractivity contribution in [1.82, 2.24) is 0 Å². The van der Waals surface area contributed by atoms with Crippen LogP contribution < -0.4 is 4.74 Å². The van der Waals surface area contributed by atoms with Crippen molar-refractivity contribution in [2.75, 3.05) is 14.2 Å². The van der Waals surface area contributed by atoms with E-state index in [1.54, 1.807) is 26.4 Å². The fraction of sp³-hybridized carbons (Fsp3) is 0.364. The number of benzene rings is 1. The van der Waals surface area contributed by atoms with E-state index in [-0.39, 0.29) is 0 Å². The Morgan fingerprint density at radius 2 is 2.07 bits per heavy atom. The summed E-state index contributed by atoms with van der Waals surface area (Å²) >= 11 is 5.96. The van der Waals surface area contributed by atoms with Gasteiger partial charge in [0, 0.05) is 7.11 Å². The van der Waals surface area contributed by atoms with Crippen LogP contribution in [0.4, 0.5) is 0 Å². The van der Waals surface area contributed by atoms with Gasteiger partial charge in [0.15, 0.2) is 0 Å². The predicted octanol–water partition coefficient (Wildman–Crippen LogP) is 2.56. The van der Waals surface area contributed by atoms with E-state index in [9.17, 15) is 0 Å². The number of hydrogen-bond acceptors (Lipinski definition) is 3. The Balaban J connectivity index is 3.14. The van der Waals surface area contributed by atoms with Gasteiger partial charge in [-0.05, 0) is 23.3 Å². The summed E-state index contributed by atoms with van der Waals surface area (Å²) in [6.07, 6.45) is 0.322. The zero-order valence-electron chi connectivity index (χ0n) is 8.71. The van der Waals surface area contributed by atoms with Crippen molar-refractivity contribution in [3.63, 3.8) is 0 Å². The maximum atomic E-state index is 8.66. The summed E-state index contributed by atoms with van der Waals surface area (Å²) in [7, 11) is 3.17. The van der Waals surface area contributed by atoms with Gasteiger partial charge in [0.2, 0.25) is 0 Å². The Bertz CT molecular complexity index is 385. The van der Waals surface area contributed by atoms with Crippen LogP contribution in [0.2, 0.25) is 5.02 Å². The summed E-state index contributed by atoms with van der Waals surface area (Å²) in [6, 6.07) is 5.64. The Morgan fingerprint density at radius 1 is 1.33 bits per heavy atom. The molecule has 0 aliphatic heterocycles. The molecule has 1 aromatic rings. The van der Waals surface area contributed by atoms with E-state index in [0.717, 1.165) is 11.1 Å². The molecule has 0 heterocycles. The fourth-order valence-corrected chi connectivity index (χ4v) is 1.60. The number of nitrogens with zero attached hydrogens (tertiary/aromatic N) is 1. The number of hydrogen-bond donors (Lipinski definition) is 0. The number of nitriles is 1. The first-order valence-corrected chi connectivity index (χ1v) is 4.82. The van der Waals surface area contributed by atoms with Gasteiger partial charge < -0.3 is 9.47 Å². The molecule has 1 rings (SSSR count). The Labute approximate surface area is 94.2 Å². The second kappa shape index (κ2) is 5.59.